The molecule has 0 bridgehead atoms. The lowest BCUT2D eigenvalue weighted by Crippen LogP contribution is -2.30. The van der Waals surface area contributed by atoms with E-state index in [1.54, 1.807) is 0 Å². The molecule has 0 aromatic heterocycles. The highest BCUT2D eigenvalue weighted by Gasteiger charge is 2.30. The quantitative estimate of drug-likeness (QED) is 0.0169. The van der Waals surface area contributed by atoms with Gasteiger partial charge in [-0.1, -0.05) is 293 Å². The number of rotatable bonds is 76. The van der Waals surface area contributed by atoms with Crippen LogP contribution in [0.25, 0.3) is 0 Å². The summed E-state index contributed by atoms with van der Waals surface area (Å²) in [5.41, 5.74) is 0. The summed E-state index contributed by atoms with van der Waals surface area (Å²) in [7, 11) is -9.95. The largest absolute Gasteiger partial charge is 0.472 e. The number of hydrogen-bond acceptors (Lipinski definition) is 15. The summed E-state index contributed by atoms with van der Waals surface area (Å²) in [4.78, 5) is 72.9. The van der Waals surface area contributed by atoms with Crippen LogP contribution < -0.4 is 0 Å². The summed E-state index contributed by atoms with van der Waals surface area (Å²) >= 11 is 0. The fourth-order valence-corrected chi connectivity index (χ4v) is 12.6. The van der Waals surface area contributed by atoms with Gasteiger partial charge in [0.2, 0.25) is 0 Å². The topological polar surface area (TPSA) is 237 Å². The summed E-state index contributed by atoms with van der Waals surface area (Å²) in [6.45, 7) is 4.77. The smallest absolute Gasteiger partial charge is 0.462 e. The molecule has 0 radical (unpaired) electrons. The van der Waals surface area contributed by atoms with E-state index in [4.69, 9.17) is 37.0 Å². The molecule has 0 heterocycles. The summed E-state index contributed by atoms with van der Waals surface area (Å²) in [6.07, 6.45) is 74.5. The van der Waals surface area contributed by atoms with Crippen LogP contribution in [0.5, 0.6) is 0 Å². The molecule has 5 unspecified atom stereocenters. The second kappa shape index (κ2) is 73.8. The third-order valence-corrected chi connectivity index (χ3v) is 19.1. The van der Waals surface area contributed by atoms with Gasteiger partial charge in [0.1, 0.15) is 19.3 Å². The normalized spacial score (nSPS) is 14.3. The molecule has 17 nitrogen and oxygen atoms in total. The van der Waals surface area contributed by atoms with Gasteiger partial charge in [-0.15, -0.1) is 0 Å². The van der Waals surface area contributed by atoms with Crippen LogP contribution >= 0.6 is 15.6 Å². The predicted octanol–water partition coefficient (Wildman–Crippen LogP) is 23.2. The highest BCUT2D eigenvalue weighted by atomic mass is 31.2. The van der Waals surface area contributed by atoms with E-state index in [0.717, 1.165) is 167 Å². The van der Waals surface area contributed by atoms with E-state index in [-0.39, 0.29) is 25.7 Å². The molecule has 100 heavy (non-hydrogen) atoms. The third kappa shape index (κ3) is 72.8. The first kappa shape index (κ1) is 96.5. The fraction of sp³-hybridized carbons (Fsp3) is 0.802. The number of carbonyl (C=O) groups excluding carboxylic acids is 4. The number of ether oxygens (including phenoxy) is 4. The number of hydrogen-bond donors (Lipinski definition) is 3. The minimum Gasteiger partial charge on any atom is -0.462 e. The SMILES string of the molecule is CC/C=C\C/C=C\C/C=C\C/C=C\CCCCCCCCC(=O)OCC(COP(=O)(O)OCC(O)COP(=O)(O)OCC(COC(=O)CCCCCCC/C=C\CCCCCCCC)OC(=O)CCCCCCC/C=C\CCCCCCCC)OC(=O)CCCCCCCCCCCCC. The molecule has 0 amide bonds. The Labute approximate surface area is 609 Å². The zero-order chi connectivity index (χ0) is 73.2. The average molecular weight is 1450 g/mol. The lowest BCUT2D eigenvalue weighted by molar-refractivity contribution is -0.161. The Bertz CT molecular complexity index is 2180. The van der Waals surface area contributed by atoms with Crippen molar-refractivity contribution in [2.24, 2.45) is 0 Å². The molecule has 582 valence electrons. The number of esters is 4. The molecular formula is C81H146O17P2. The monoisotopic (exact) mass is 1450 g/mol. The Kier molecular flexibility index (Phi) is 71.2. The molecule has 0 fully saturated rings. The van der Waals surface area contributed by atoms with Crippen molar-refractivity contribution < 1.29 is 80.2 Å². The van der Waals surface area contributed by atoms with Crippen molar-refractivity contribution in [3.05, 3.63) is 72.9 Å². The van der Waals surface area contributed by atoms with Gasteiger partial charge < -0.3 is 33.8 Å². The number of aliphatic hydroxyl groups excluding tert-OH is 1. The maximum Gasteiger partial charge on any atom is 0.472 e. The van der Waals surface area contributed by atoms with Crippen molar-refractivity contribution in [2.45, 2.75) is 380 Å². The van der Waals surface area contributed by atoms with Crippen molar-refractivity contribution in [1.82, 2.24) is 0 Å². The van der Waals surface area contributed by atoms with E-state index in [1.807, 2.05) is 0 Å². The van der Waals surface area contributed by atoms with E-state index in [9.17, 15) is 43.2 Å². The molecule has 0 aliphatic rings. The second-order valence-electron chi connectivity index (χ2n) is 27.0. The molecule has 3 N–H and O–H groups in total. The van der Waals surface area contributed by atoms with Gasteiger partial charge >= 0.3 is 39.5 Å². The van der Waals surface area contributed by atoms with E-state index in [0.29, 0.717) is 25.7 Å². The molecule has 0 rings (SSSR count). The molecule has 0 aliphatic carbocycles. The molecule has 0 saturated heterocycles. The molecule has 0 aromatic rings. The van der Waals surface area contributed by atoms with E-state index in [1.165, 1.54) is 116 Å². The number of unbranched alkanes of at least 4 members (excludes halogenated alkanes) is 38. The summed E-state index contributed by atoms with van der Waals surface area (Å²) in [6, 6.07) is 0. The highest BCUT2D eigenvalue weighted by molar-refractivity contribution is 7.47. The van der Waals surface area contributed by atoms with Gasteiger partial charge in [-0.2, -0.15) is 0 Å². The first-order valence-corrected chi connectivity index (χ1v) is 43.2. The van der Waals surface area contributed by atoms with Crippen LogP contribution in [0.3, 0.4) is 0 Å². The number of phosphoric acid groups is 2. The van der Waals surface area contributed by atoms with Gasteiger partial charge in [-0.05, 0) is 116 Å². The molecule has 19 heteroatoms. The number of aliphatic hydroxyl groups is 1. The van der Waals surface area contributed by atoms with Gasteiger partial charge in [0.15, 0.2) is 12.2 Å². The first-order valence-electron chi connectivity index (χ1n) is 40.2. The van der Waals surface area contributed by atoms with E-state index >= 15 is 0 Å². The molecule has 0 spiro atoms. The Morgan fingerprint density at radius 3 is 0.810 bits per heavy atom. The third-order valence-electron chi connectivity index (χ3n) is 17.2. The van der Waals surface area contributed by atoms with Crippen LogP contribution in [0.4, 0.5) is 0 Å². The van der Waals surface area contributed by atoms with Crippen LogP contribution in [0.1, 0.15) is 362 Å². The van der Waals surface area contributed by atoms with Crippen molar-refractivity contribution in [2.75, 3.05) is 39.6 Å². The fourth-order valence-electron chi connectivity index (χ4n) is 11.0. The van der Waals surface area contributed by atoms with Crippen LogP contribution in [0.15, 0.2) is 72.9 Å². The molecule has 0 saturated carbocycles. The summed E-state index contributed by atoms with van der Waals surface area (Å²) in [5, 5.41) is 10.6. The highest BCUT2D eigenvalue weighted by Crippen LogP contribution is 2.45. The maximum absolute atomic E-state index is 13.1. The van der Waals surface area contributed by atoms with Gasteiger partial charge in [0, 0.05) is 25.7 Å². The summed E-state index contributed by atoms with van der Waals surface area (Å²) < 4.78 is 68.6. The van der Waals surface area contributed by atoms with Gasteiger partial charge in [0.05, 0.1) is 26.4 Å². The Morgan fingerprint density at radius 2 is 0.520 bits per heavy atom. The maximum atomic E-state index is 13.1. The van der Waals surface area contributed by atoms with Crippen LogP contribution in [-0.4, -0.2) is 96.7 Å². The summed E-state index contributed by atoms with van der Waals surface area (Å²) in [5.74, 6) is -2.18. The zero-order valence-electron chi connectivity index (χ0n) is 63.6. The van der Waals surface area contributed by atoms with Crippen molar-refractivity contribution >= 4 is 39.5 Å². The van der Waals surface area contributed by atoms with Gasteiger partial charge in [-0.25, -0.2) is 9.13 Å². The van der Waals surface area contributed by atoms with Crippen molar-refractivity contribution in [3.8, 4) is 0 Å². The minimum absolute atomic E-state index is 0.0873. The van der Waals surface area contributed by atoms with Crippen LogP contribution in [-0.2, 0) is 65.4 Å². The Hall–Kier alpha value is -3.50. The molecule has 5 atom stereocenters. The second-order valence-corrected chi connectivity index (χ2v) is 29.9. The standard InChI is InChI=1S/C81H146O17P2/c1-5-9-13-17-21-25-29-32-35-36-37-38-41-43-47-50-54-58-62-66-79(84)91-71-76(97-80(85)67-63-59-55-51-45-28-24-20-16-12-8-4)73-95-99(87,88)93-69-75(82)70-94-100(89,90)96-74-77(98-81(86)68-64-60-56-52-48-44-40-34-31-27-23-19-15-11-7-3)72-92-78(83)65-61-57-53-49-46-42-39-33-30-26-22-18-14-10-6-2/h9,13,21,25,32-35,37-40,75-77,82H,5-8,10-12,14-20,22-24,26-31,36,41-74H2,1-4H3,(H,87,88)(H,89,90)/b13-9-,25-21-,35-32-,38-37-,39-33-,40-34-. The van der Waals surface area contributed by atoms with Crippen molar-refractivity contribution in [1.29, 1.82) is 0 Å². The van der Waals surface area contributed by atoms with Crippen LogP contribution in [0.2, 0.25) is 0 Å². The first-order chi connectivity index (χ1) is 48.7. The lowest BCUT2D eigenvalue weighted by atomic mass is 10.1. The Balaban J connectivity index is 5.30. The number of allylic oxidation sites excluding steroid dienone is 12. The van der Waals surface area contributed by atoms with Gasteiger partial charge in [-0.3, -0.25) is 37.3 Å². The Morgan fingerprint density at radius 1 is 0.290 bits per heavy atom. The molecule has 0 aromatic carbocycles. The van der Waals surface area contributed by atoms with Crippen LogP contribution in [0, 0.1) is 0 Å². The average Bonchev–Trinajstić information content (AvgIpc) is 0.953. The molecule has 0 aliphatic heterocycles. The van der Waals surface area contributed by atoms with Crippen molar-refractivity contribution in [3.63, 3.8) is 0 Å². The number of phosphoric ester groups is 2. The van der Waals surface area contributed by atoms with E-state index in [2.05, 4.69) is 101 Å². The minimum atomic E-state index is -4.97. The van der Waals surface area contributed by atoms with E-state index < -0.39 is 97.5 Å². The lowest BCUT2D eigenvalue weighted by Gasteiger charge is -2.21. The predicted molar refractivity (Wildman–Crippen MR) is 409 cm³/mol. The number of carbonyl (C=O) groups is 4. The molecular weight excluding hydrogens is 1310 g/mol. The zero-order valence-corrected chi connectivity index (χ0v) is 65.4. The van der Waals surface area contributed by atoms with Gasteiger partial charge in [0.25, 0.3) is 0 Å².